The zero-order chi connectivity index (χ0) is 19.9. The number of hydrogen-bond acceptors (Lipinski definition) is 7. The van der Waals surface area contributed by atoms with Crippen LogP contribution in [-0.2, 0) is 0 Å². The molecule has 0 atom stereocenters. The Kier molecular flexibility index (Phi) is 6.07. The molecule has 2 heterocycles. The summed E-state index contributed by atoms with van der Waals surface area (Å²) in [6.45, 7) is 0. The van der Waals surface area contributed by atoms with Crippen LogP contribution in [0, 0.1) is 5.82 Å². The van der Waals surface area contributed by atoms with Gasteiger partial charge in [-0.3, -0.25) is 9.78 Å². The number of hydrazone groups is 1. The van der Waals surface area contributed by atoms with Crippen molar-refractivity contribution >= 4 is 23.7 Å². The average molecular weight is 402 g/mol. The summed E-state index contributed by atoms with van der Waals surface area (Å²) in [6, 6.07) is 8.06. The molecule has 0 aliphatic rings. The maximum absolute atomic E-state index is 13.8. The molecule has 1 amide bonds. The molecule has 3 rings (SSSR count). The minimum absolute atomic E-state index is 0.161. The van der Waals surface area contributed by atoms with E-state index in [1.54, 1.807) is 30.5 Å². The Bertz CT molecular complexity index is 1020. The fraction of sp³-hybridized carbons (Fsp3) is 0.0556. The second-order valence-electron chi connectivity index (χ2n) is 5.25. The van der Waals surface area contributed by atoms with E-state index in [2.05, 4.69) is 25.5 Å². The van der Waals surface area contributed by atoms with Gasteiger partial charge in [-0.2, -0.15) is 14.5 Å². The molecule has 8 nitrogen and oxygen atoms in total. The van der Waals surface area contributed by atoms with E-state index in [0.29, 0.717) is 16.9 Å². The molecule has 1 N–H and O–H groups in total. The monoisotopic (exact) mass is 401 g/mol. The number of nitrogens with one attached hydrogen (secondary N) is 1. The lowest BCUT2D eigenvalue weighted by Crippen LogP contribution is -2.17. The Morgan fingerprint density at radius 3 is 2.89 bits per heavy atom. The third kappa shape index (κ3) is 4.77. The summed E-state index contributed by atoms with van der Waals surface area (Å²) in [4.78, 5) is 23.0. The first kappa shape index (κ1) is 19.2. The topological polar surface area (TPSA) is 98.6 Å². The normalized spacial score (nSPS) is 10.7. The standard InChI is InChI=1S/C18H13ClFN5O3/c1-27-14-5-4-11(8-23-25-16(26)12-3-2-6-21-9-12)7-15(14)28-17-13(20)10-22-18(19)24-17/h2-10H,1H3,(H,25,26). The van der Waals surface area contributed by atoms with Crippen molar-refractivity contribution in [3.05, 3.63) is 71.2 Å². The Hall–Kier alpha value is -3.59. The van der Waals surface area contributed by atoms with Crippen LogP contribution in [0.2, 0.25) is 5.28 Å². The molecular formula is C18H13ClFN5O3. The molecule has 0 radical (unpaired) electrons. The van der Waals surface area contributed by atoms with Crippen molar-refractivity contribution in [2.24, 2.45) is 5.10 Å². The molecule has 1 aromatic carbocycles. The van der Waals surface area contributed by atoms with E-state index in [1.165, 1.54) is 25.6 Å². The number of carbonyl (C=O) groups excluding carboxylic acids is 1. The van der Waals surface area contributed by atoms with Gasteiger partial charge in [-0.1, -0.05) is 0 Å². The predicted octanol–water partition coefficient (Wildman–Crippen LogP) is 3.23. The highest BCUT2D eigenvalue weighted by molar-refractivity contribution is 6.28. The highest BCUT2D eigenvalue weighted by atomic mass is 35.5. The van der Waals surface area contributed by atoms with Gasteiger partial charge in [-0.15, -0.1) is 0 Å². The van der Waals surface area contributed by atoms with Gasteiger partial charge in [0.2, 0.25) is 11.1 Å². The maximum Gasteiger partial charge on any atom is 0.272 e. The summed E-state index contributed by atoms with van der Waals surface area (Å²) in [5.41, 5.74) is 3.31. The van der Waals surface area contributed by atoms with Crippen molar-refractivity contribution < 1.29 is 18.7 Å². The minimum Gasteiger partial charge on any atom is -0.493 e. The van der Waals surface area contributed by atoms with Crippen LogP contribution in [-0.4, -0.2) is 34.2 Å². The van der Waals surface area contributed by atoms with Crippen LogP contribution >= 0.6 is 11.6 Å². The molecule has 3 aromatic rings. The first-order valence-corrected chi connectivity index (χ1v) is 8.22. The second-order valence-corrected chi connectivity index (χ2v) is 5.58. The Labute approximate surface area is 164 Å². The first-order chi connectivity index (χ1) is 13.6. The SMILES string of the molecule is COc1ccc(C=NNC(=O)c2cccnc2)cc1Oc1nc(Cl)ncc1F. The average Bonchev–Trinajstić information content (AvgIpc) is 2.71. The molecule has 142 valence electrons. The molecule has 28 heavy (non-hydrogen) atoms. The van der Waals surface area contributed by atoms with Gasteiger partial charge in [0.15, 0.2) is 11.5 Å². The summed E-state index contributed by atoms with van der Waals surface area (Å²) >= 11 is 5.67. The third-order valence-corrected chi connectivity index (χ3v) is 3.56. The quantitative estimate of drug-likeness (QED) is 0.387. The number of methoxy groups -OCH3 is 1. The van der Waals surface area contributed by atoms with Crippen molar-refractivity contribution in [2.45, 2.75) is 0 Å². The van der Waals surface area contributed by atoms with Crippen molar-refractivity contribution in [3.8, 4) is 17.4 Å². The smallest absolute Gasteiger partial charge is 0.272 e. The first-order valence-electron chi connectivity index (χ1n) is 7.84. The number of halogens is 2. The van der Waals surface area contributed by atoms with E-state index in [-0.39, 0.29) is 16.9 Å². The predicted molar refractivity (Wildman–Crippen MR) is 99.4 cm³/mol. The van der Waals surface area contributed by atoms with Gasteiger partial charge in [0.05, 0.1) is 25.1 Å². The maximum atomic E-state index is 13.8. The molecule has 0 spiro atoms. The third-order valence-electron chi connectivity index (χ3n) is 3.38. The van der Waals surface area contributed by atoms with E-state index >= 15 is 0 Å². The molecule has 0 aliphatic heterocycles. The highest BCUT2D eigenvalue weighted by Crippen LogP contribution is 2.32. The number of benzene rings is 1. The summed E-state index contributed by atoms with van der Waals surface area (Å²) in [5, 5.41) is 3.72. The highest BCUT2D eigenvalue weighted by Gasteiger charge is 2.13. The number of ether oxygens (including phenoxy) is 2. The van der Waals surface area contributed by atoms with Crippen LogP contribution < -0.4 is 14.9 Å². The second kappa shape index (κ2) is 8.87. The number of carbonyl (C=O) groups is 1. The number of hydrogen-bond donors (Lipinski definition) is 1. The number of pyridine rings is 1. The molecule has 2 aromatic heterocycles. The number of nitrogens with zero attached hydrogens (tertiary/aromatic N) is 4. The van der Waals surface area contributed by atoms with Gasteiger partial charge in [-0.25, -0.2) is 10.4 Å². The Morgan fingerprint density at radius 1 is 1.29 bits per heavy atom. The zero-order valence-corrected chi connectivity index (χ0v) is 15.2. The van der Waals surface area contributed by atoms with Crippen molar-refractivity contribution in [3.63, 3.8) is 0 Å². The molecule has 0 unspecified atom stereocenters. The summed E-state index contributed by atoms with van der Waals surface area (Å²) in [5.74, 6) is -1.03. The van der Waals surface area contributed by atoms with Crippen LogP contribution in [0.15, 0.2) is 54.0 Å². The van der Waals surface area contributed by atoms with E-state index in [0.717, 1.165) is 6.20 Å². The van der Waals surface area contributed by atoms with Crippen LogP contribution in [0.25, 0.3) is 0 Å². The molecule has 0 saturated heterocycles. The molecule has 0 aliphatic carbocycles. The molecule has 10 heteroatoms. The largest absolute Gasteiger partial charge is 0.493 e. The van der Waals surface area contributed by atoms with Crippen LogP contribution in [0.1, 0.15) is 15.9 Å². The van der Waals surface area contributed by atoms with Gasteiger partial charge in [-0.05, 0) is 47.5 Å². The molecular weight excluding hydrogens is 389 g/mol. The lowest BCUT2D eigenvalue weighted by Gasteiger charge is -2.10. The summed E-state index contributed by atoms with van der Waals surface area (Å²) in [7, 11) is 1.44. The lowest BCUT2D eigenvalue weighted by molar-refractivity contribution is 0.0955. The van der Waals surface area contributed by atoms with E-state index in [9.17, 15) is 9.18 Å². The van der Waals surface area contributed by atoms with Crippen LogP contribution in [0.5, 0.6) is 17.4 Å². The van der Waals surface area contributed by atoms with Gasteiger partial charge in [0.1, 0.15) is 0 Å². The van der Waals surface area contributed by atoms with Crippen molar-refractivity contribution in [1.29, 1.82) is 0 Å². The fourth-order valence-electron chi connectivity index (χ4n) is 2.09. The molecule has 0 bridgehead atoms. The zero-order valence-electron chi connectivity index (χ0n) is 14.5. The van der Waals surface area contributed by atoms with Gasteiger partial charge in [0, 0.05) is 12.4 Å². The van der Waals surface area contributed by atoms with E-state index < -0.39 is 11.7 Å². The van der Waals surface area contributed by atoms with E-state index in [4.69, 9.17) is 21.1 Å². The van der Waals surface area contributed by atoms with Crippen LogP contribution in [0.4, 0.5) is 4.39 Å². The number of amides is 1. The summed E-state index contributed by atoms with van der Waals surface area (Å²) in [6.07, 6.45) is 5.28. The van der Waals surface area contributed by atoms with Crippen molar-refractivity contribution in [1.82, 2.24) is 20.4 Å². The van der Waals surface area contributed by atoms with Gasteiger partial charge >= 0.3 is 0 Å². The lowest BCUT2D eigenvalue weighted by atomic mass is 10.2. The Morgan fingerprint density at radius 2 is 2.14 bits per heavy atom. The fourth-order valence-corrected chi connectivity index (χ4v) is 2.21. The van der Waals surface area contributed by atoms with Gasteiger partial charge < -0.3 is 9.47 Å². The minimum atomic E-state index is -0.783. The van der Waals surface area contributed by atoms with Crippen LogP contribution in [0.3, 0.4) is 0 Å². The molecule has 0 saturated carbocycles. The van der Waals surface area contributed by atoms with Crippen molar-refractivity contribution in [2.75, 3.05) is 7.11 Å². The number of rotatable bonds is 6. The van der Waals surface area contributed by atoms with E-state index in [1.807, 2.05) is 0 Å². The number of aromatic nitrogens is 3. The molecule has 0 fully saturated rings. The summed E-state index contributed by atoms with van der Waals surface area (Å²) < 4.78 is 24.5. The Balaban J connectivity index is 1.77. The van der Waals surface area contributed by atoms with Gasteiger partial charge in [0.25, 0.3) is 11.8 Å².